The normalized spacial score (nSPS) is 16.9. The van der Waals surface area contributed by atoms with Crippen LogP contribution in [0.3, 0.4) is 0 Å². The molecule has 2 aliphatic heterocycles. The lowest BCUT2D eigenvalue weighted by atomic mass is 10.4. The summed E-state index contributed by atoms with van der Waals surface area (Å²) in [5, 5.41) is 13.6. The number of carbonyl (C=O) groups is 1. The Labute approximate surface area is 194 Å². The van der Waals surface area contributed by atoms with E-state index in [0.29, 0.717) is 6.54 Å². The van der Waals surface area contributed by atoms with Crippen molar-refractivity contribution in [2.75, 3.05) is 19.1 Å². The Morgan fingerprint density at radius 1 is 1.03 bits per heavy atom. The number of rotatable bonds is 7. The van der Waals surface area contributed by atoms with Crippen LogP contribution in [0, 0.1) is 0 Å². The van der Waals surface area contributed by atoms with Gasteiger partial charge in [-0.25, -0.2) is 9.36 Å². The highest BCUT2D eigenvalue weighted by Crippen LogP contribution is 2.61. The molecule has 6 nitrogen and oxygen atoms in total. The number of aromatic nitrogens is 4. The summed E-state index contributed by atoms with van der Waals surface area (Å²) < 4.78 is 8.69. The van der Waals surface area contributed by atoms with Gasteiger partial charge in [-0.2, -0.15) is 10.2 Å². The lowest BCUT2D eigenvalue weighted by Crippen LogP contribution is -2.34. The van der Waals surface area contributed by atoms with Gasteiger partial charge in [-0.05, 0) is 30.1 Å². The van der Waals surface area contributed by atoms with Crippen LogP contribution in [0.1, 0.15) is 6.17 Å². The third-order valence-corrected chi connectivity index (χ3v) is 12.0. The number of carbonyl (C=O) groups excluding carboxylic acids is 1. The fourth-order valence-electron chi connectivity index (χ4n) is 2.54. The molecule has 29 heavy (non-hydrogen) atoms. The summed E-state index contributed by atoms with van der Waals surface area (Å²) in [5.74, 6) is -0.0708. The van der Waals surface area contributed by atoms with E-state index in [4.69, 9.17) is 0 Å². The van der Waals surface area contributed by atoms with E-state index in [9.17, 15) is 4.79 Å². The molecule has 0 atom stereocenters. The minimum Gasteiger partial charge on any atom is -0.347 e. The average Bonchev–Trinajstić information content (AvgIpc) is 3.54. The van der Waals surface area contributed by atoms with Crippen LogP contribution < -0.4 is 5.32 Å². The fraction of sp³-hybridized carbons (Fsp3) is 0.235. The van der Waals surface area contributed by atoms with Crippen LogP contribution in [0.5, 0.6) is 0 Å². The zero-order valence-corrected chi connectivity index (χ0v) is 20.4. The predicted molar refractivity (Wildman–Crippen MR) is 131 cm³/mol. The van der Waals surface area contributed by atoms with E-state index < -0.39 is 0 Å². The van der Waals surface area contributed by atoms with Gasteiger partial charge in [0, 0.05) is 24.8 Å². The molecular weight excluding hydrogens is 483 g/mol. The maximum absolute atomic E-state index is 12.8. The highest BCUT2D eigenvalue weighted by Gasteiger charge is 2.28. The first-order chi connectivity index (χ1) is 14.2. The number of nitrogens with one attached hydrogen (secondary N) is 1. The van der Waals surface area contributed by atoms with Crippen molar-refractivity contribution in [1.29, 1.82) is 0 Å². The van der Waals surface area contributed by atoms with Crippen molar-refractivity contribution < 1.29 is 4.79 Å². The second-order valence-corrected chi connectivity index (χ2v) is 12.3. The first kappa shape index (κ1) is 21.4. The maximum Gasteiger partial charge on any atom is 0.258 e. The van der Waals surface area contributed by atoms with E-state index in [1.807, 2.05) is 29.9 Å². The summed E-state index contributed by atoms with van der Waals surface area (Å²) >= 11 is 10.3. The minimum absolute atomic E-state index is 0.0708. The number of nitrogens with zero attached hydrogens (tertiary/aromatic N) is 4. The predicted octanol–water partition coefficient (Wildman–Crippen LogP) is 5.02. The van der Waals surface area contributed by atoms with Gasteiger partial charge in [0.25, 0.3) is 5.91 Å². The molecule has 12 heteroatoms. The number of hydrogen-bond acceptors (Lipinski definition) is 9. The zero-order chi connectivity index (χ0) is 20.2. The number of thioether (sulfide) groups is 6. The van der Waals surface area contributed by atoms with E-state index in [2.05, 4.69) is 28.0 Å². The zero-order valence-electron chi connectivity index (χ0n) is 15.5. The monoisotopic (exact) mass is 499 g/mol. The minimum atomic E-state index is -0.208. The third-order valence-electron chi connectivity index (χ3n) is 3.88. The highest BCUT2D eigenvalue weighted by atomic mass is 32.3. The molecule has 0 unspecified atom stereocenters. The van der Waals surface area contributed by atoms with Crippen molar-refractivity contribution in [2.24, 2.45) is 0 Å². The second kappa shape index (κ2) is 10.0. The topological polar surface area (TPSA) is 64.7 Å². The van der Waals surface area contributed by atoms with Gasteiger partial charge in [-0.15, -0.1) is 23.5 Å². The van der Waals surface area contributed by atoms with Gasteiger partial charge in [-0.3, -0.25) is 4.79 Å². The Kier molecular flexibility index (Phi) is 7.40. The Hall–Kier alpha value is -0.790. The lowest BCUT2D eigenvalue weighted by molar-refractivity contribution is -0.117. The van der Waals surface area contributed by atoms with Gasteiger partial charge in [0.05, 0.1) is 28.4 Å². The molecule has 0 radical (unpaired) electrons. The Bertz CT molecular complexity index is 914. The van der Waals surface area contributed by atoms with E-state index in [0.717, 1.165) is 4.91 Å². The summed E-state index contributed by atoms with van der Waals surface area (Å²) in [5.41, 5.74) is 0. The van der Waals surface area contributed by atoms with Gasteiger partial charge >= 0.3 is 0 Å². The van der Waals surface area contributed by atoms with Crippen LogP contribution in [0.2, 0.25) is 0 Å². The molecule has 0 spiro atoms. The molecule has 2 aromatic rings. The SMILES string of the molecule is CSC1=C(SC)SC(=C2SC=C(C(=O)NCC(n3cccn3)n3cccn3)S2)S1. The van der Waals surface area contributed by atoms with E-state index in [-0.39, 0.29) is 12.1 Å². The summed E-state index contributed by atoms with van der Waals surface area (Å²) in [6, 6.07) is 3.72. The summed E-state index contributed by atoms with van der Waals surface area (Å²) in [6.07, 6.45) is 11.2. The molecule has 0 fully saturated rings. The largest absolute Gasteiger partial charge is 0.347 e. The molecule has 0 aromatic carbocycles. The highest BCUT2D eigenvalue weighted by molar-refractivity contribution is 8.42. The van der Waals surface area contributed by atoms with Crippen molar-refractivity contribution in [3.63, 3.8) is 0 Å². The number of hydrogen-bond donors (Lipinski definition) is 1. The summed E-state index contributed by atoms with van der Waals surface area (Å²) in [7, 11) is 0. The van der Waals surface area contributed by atoms with Gasteiger partial charge in [0.2, 0.25) is 0 Å². The smallest absolute Gasteiger partial charge is 0.258 e. The molecule has 0 aliphatic carbocycles. The molecule has 1 amide bonds. The van der Waals surface area contributed by atoms with Gasteiger partial charge in [0.15, 0.2) is 6.17 Å². The Morgan fingerprint density at radius 2 is 1.66 bits per heavy atom. The first-order valence-electron chi connectivity index (χ1n) is 8.43. The molecule has 0 saturated carbocycles. The third kappa shape index (κ3) is 4.93. The molecule has 2 aliphatic rings. The van der Waals surface area contributed by atoms with Crippen LogP contribution in [0.25, 0.3) is 0 Å². The van der Waals surface area contributed by atoms with Gasteiger partial charge in [-0.1, -0.05) is 47.0 Å². The Balaban J connectivity index is 1.38. The van der Waals surface area contributed by atoms with Crippen molar-refractivity contribution in [3.05, 3.63) is 64.2 Å². The van der Waals surface area contributed by atoms with Crippen LogP contribution in [-0.2, 0) is 4.79 Å². The van der Waals surface area contributed by atoms with E-state index in [1.54, 1.807) is 92.3 Å². The lowest BCUT2D eigenvalue weighted by Gasteiger charge is -2.19. The molecule has 0 bridgehead atoms. The van der Waals surface area contributed by atoms with Crippen LogP contribution >= 0.6 is 70.6 Å². The van der Waals surface area contributed by atoms with Gasteiger partial charge in [0.1, 0.15) is 0 Å². The van der Waals surface area contributed by atoms with E-state index >= 15 is 0 Å². The standard InChI is InChI=1S/C17H17N5OS6/c1-24-14-15(25-2)29-17(28-14)16-26-10-11(27-16)13(23)18-9-12(21-7-3-5-19-21)22-8-4-6-20-22/h3-8,10,12H,9H2,1-2H3,(H,18,23). The fourth-order valence-corrected chi connectivity index (χ4v) is 10.0. The molecule has 4 heterocycles. The van der Waals surface area contributed by atoms with Crippen molar-refractivity contribution in [1.82, 2.24) is 24.9 Å². The number of amides is 1. The van der Waals surface area contributed by atoms with Gasteiger partial charge < -0.3 is 5.32 Å². The van der Waals surface area contributed by atoms with E-state index in [1.165, 1.54) is 16.9 Å². The molecule has 1 N–H and O–H groups in total. The average molecular weight is 500 g/mol. The van der Waals surface area contributed by atoms with Crippen molar-refractivity contribution in [2.45, 2.75) is 6.17 Å². The Morgan fingerprint density at radius 3 is 2.17 bits per heavy atom. The van der Waals surface area contributed by atoms with Crippen LogP contribution in [0.4, 0.5) is 0 Å². The van der Waals surface area contributed by atoms with Crippen molar-refractivity contribution >= 4 is 76.5 Å². The van der Waals surface area contributed by atoms with Crippen LogP contribution in [-0.4, -0.2) is 44.5 Å². The molecule has 4 rings (SSSR count). The van der Waals surface area contributed by atoms with Crippen LogP contribution in [0.15, 0.2) is 64.2 Å². The summed E-state index contributed by atoms with van der Waals surface area (Å²) in [6.45, 7) is 0.398. The molecule has 152 valence electrons. The molecule has 2 aromatic heterocycles. The maximum atomic E-state index is 12.8. The quantitative estimate of drug-likeness (QED) is 0.565. The molecular formula is C17H17N5OS6. The summed E-state index contributed by atoms with van der Waals surface area (Å²) in [4.78, 5) is 13.5. The first-order valence-corrected chi connectivity index (χ1v) is 14.2. The second-order valence-electron chi connectivity index (χ2n) is 5.63. The molecule has 0 saturated heterocycles. The van der Waals surface area contributed by atoms with Crippen molar-refractivity contribution in [3.8, 4) is 0 Å².